The Morgan fingerprint density at radius 3 is 1.29 bits per heavy atom. The van der Waals surface area contributed by atoms with E-state index >= 15 is 0 Å². The summed E-state index contributed by atoms with van der Waals surface area (Å²) in [5.41, 5.74) is 5.85. The van der Waals surface area contributed by atoms with Gasteiger partial charge in [-0.2, -0.15) is 0 Å². The van der Waals surface area contributed by atoms with E-state index in [0.29, 0.717) is 56.5 Å². The van der Waals surface area contributed by atoms with Crippen molar-refractivity contribution in [1.29, 1.82) is 0 Å². The minimum Gasteiger partial charge on any atom is -0.493 e. The first-order chi connectivity index (χ1) is 26.4. The van der Waals surface area contributed by atoms with Crippen LogP contribution in [0.4, 0.5) is 11.4 Å². The number of ether oxygens (including phenoxy) is 6. The number of hydrogen-bond donors (Lipinski definition) is 0. The zero-order chi connectivity index (χ0) is 40.7. The van der Waals surface area contributed by atoms with Crippen LogP contribution in [-0.2, 0) is 0 Å². The van der Waals surface area contributed by atoms with E-state index in [1.807, 2.05) is 68.4 Å². The molecule has 294 valence electrons. The van der Waals surface area contributed by atoms with Crippen molar-refractivity contribution in [2.24, 2.45) is 0 Å². The number of rotatable bonds is 17. The number of benzene rings is 4. The highest BCUT2D eigenvalue weighted by atomic mass is 79.9. The number of methoxy groups -OCH3 is 6. The van der Waals surface area contributed by atoms with Crippen LogP contribution in [0.25, 0.3) is 12.2 Å². The number of ketones is 2. The van der Waals surface area contributed by atoms with Crippen LogP contribution in [0.2, 0.25) is 0 Å². The van der Waals surface area contributed by atoms with Crippen LogP contribution in [0.1, 0.15) is 59.0 Å². The molecule has 0 heterocycles. The van der Waals surface area contributed by atoms with Gasteiger partial charge in [0.1, 0.15) is 0 Å². The number of nitrogens with zero attached hydrogens (tertiary/aromatic N) is 2. The van der Waals surface area contributed by atoms with Crippen molar-refractivity contribution >= 4 is 51.0 Å². The number of carbonyl (C=O) groups excluding carboxylic acids is 2. The molecule has 55 heavy (non-hydrogen) atoms. The van der Waals surface area contributed by atoms with E-state index in [1.54, 1.807) is 51.7 Å². The largest absolute Gasteiger partial charge is 0.493 e. The van der Waals surface area contributed by atoms with Gasteiger partial charge in [-0.3, -0.25) is 9.59 Å². The summed E-state index contributed by atoms with van der Waals surface area (Å²) in [6.07, 6.45) is 4.34. The van der Waals surface area contributed by atoms with Crippen molar-refractivity contribution in [2.45, 2.75) is 27.2 Å². The number of hydrogen-bond acceptors (Lipinski definition) is 10. The number of Topliss-reactive ketones (excluding diaryl/α,β-unsaturated/α-hetero) is 2. The standard InChI is InChI=1S/C24H31NO4.C20H22BrNO4/c1-7-18(14-17-10-12-20(13-11-17)25(8-2)9-3)23(26)19-15-21(27-4)24(29-6)22(16-19)28-5;1-22(2)15-8-6-13(7-9-15)10-16(21)19(23)14-11-17(24-3)20(26-5)18(12-14)25-4/h10-16H,7-9H2,1-6H3;6-12H,1-5H3/b18-14+;16-10-. The lowest BCUT2D eigenvalue weighted by atomic mass is 9.98. The predicted molar refractivity (Wildman–Crippen MR) is 227 cm³/mol. The van der Waals surface area contributed by atoms with Crippen molar-refractivity contribution in [1.82, 2.24) is 0 Å². The Hall–Kier alpha value is -5.42. The topological polar surface area (TPSA) is 96.0 Å². The molecule has 10 nitrogen and oxygen atoms in total. The van der Waals surface area contributed by atoms with Gasteiger partial charge in [-0.25, -0.2) is 0 Å². The van der Waals surface area contributed by atoms with E-state index in [-0.39, 0.29) is 11.6 Å². The molecule has 0 aliphatic rings. The molecule has 0 radical (unpaired) electrons. The Bertz CT molecular complexity index is 1900. The van der Waals surface area contributed by atoms with Gasteiger partial charge in [0.05, 0.1) is 47.1 Å². The SMILES string of the molecule is CC/C(=C\c1ccc(N(CC)CC)cc1)C(=O)c1cc(OC)c(OC)c(OC)c1.COc1cc(C(=O)/C(Br)=C/c2ccc(N(C)C)cc2)cc(OC)c1OC. The van der Waals surface area contributed by atoms with Crippen molar-refractivity contribution < 1.29 is 38.0 Å². The summed E-state index contributed by atoms with van der Waals surface area (Å²) >= 11 is 3.38. The lowest BCUT2D eigenvalue weighted by Gasteiger charge is -2.21. The Labute approximate surface area is 334 Å². The maximum absolute atomic E-state index is 13.2. The molecule has 0 fully saturated rings. The third-order valence-corrected chi connectivity index (χ3v) is 9.40. The number of halogens is 1. The van der Waals surface area contributed by atoms with Gasteiger partial charge in [0, 0.05) is 55.3 Å². The predicted octanol–water partition coefficient (Wildman–Crippen LogP) is 9.63. The lowest BCUT2D eigenvalue weighted by molar-refractivity contribution is 0.102. The summed E-state index contributed by atoms with van der Waals surface area (Å²) < 4.78 is 32.4. The average molecular weight is 818 g/mol. The molecule has 11 heteroatoms. The normalized spacial score (nSPS) is 11.1. The van der Waals surface area contributed by atoms with Gasteiger partial charge < -0.3 is 38.2 Å². The summed E-state index contributed by atoms with van der Waals surface area (Å²) in [7, 11) is 13.1. The molecule has 0 bridgehead atoms. The Morgan fingerprint density at radius 1 is 0.564 bits per heavy atom. The quantitative estimate of drug-likeness (QED) is 0.0758. The summed E-state index contributed by atoms with van der Waals surface area (Å²) in [6.45, 7) is 8.19. The van der Waals surface area contributed by atoms with Gasteiger partial charge in [0.25, 0.3) is 0 Å². The molecule has 0 N–H and O–H groups in total. The second-order valence-corrected chi connectivity index (χ2v) is 13.1. The maximum Gasteiger partial charge on any atom is 0.203 e. The van der Waals surface area contributed by atoms with Crippen molar-refractivity contribution in [3.8, 4) is 34.5 Å². The van der Waals surface area contributed by atoms with E-state index in [0.717, 1.165) is 35.5 Å². The zero-order valence-electron chi connectivity index (χ0n) is 33.7. The average Bonchev–Trinajstić information content (AvgIpc) is 3.22. The summed E-state index contributed by atoms with van der Waals surface area (Å²) in [6, 6.07) is 22.8. The smallest absolute Gasteiger partial charge is 0.203 e. The van der Waals surface area contributed by atoms with Gasteiger partial charge >= 0.3 is 0 Å². The van der Waals surface area contributed by atoms with Gasteiger partial charge in [-0.1, -0.05) is 31.2 Å². The molecule has 0 aromatic heterocycles. The second kappa shape index (κ2) is 21.5. The molecular formula is C44H53BrN2O8. The molecule has 0 unspecified atom stereocenters. The fourth-order valence-corrected chi connectivity index (χ4v) is 6.22. The van der Waals surface area contributed by atoms with E-state index in [4.69, 9.17) is 28.4 Å². The molecule has 0 aliphatic carbocycles. The fourth-order valence-electron chi connectivity index (χ4n) is 5.73. The molecule has 4 aromatic carbocycles. The number of carbonyl (C=O) groups is 2. The van der Waals surface area contributed by atoms with Gasteiger partial charge in [-0.15, -0.1) is 0 Å². The lowest BCUT2D eigenvalue weighted by Crippen LogP contribution is -2.21. The third-order valence-electron chi connectivity index (χ3n) is 8.81. The minimum absolute atomic E-state index is 0.0560. The van der Waals surface area contributed by atoms with Gasteiger partial charge in [0.2, 0.25) is 11.5 Å². The van der Waals surface area contributed by atoms with Crippen molar-refractivity contribution in [3.63, 3.8) is 0 Å². The molecule has 0 amide bonds. The van der Waals surface area contributed by atoms with E-state index in [9.17, 15) is 9.59 Å². The van der Waals surface area contributed by atoms with Crippen LogP contribution >= 0.6 is 15.9 Å². The molecule has 0 atom stereocenters. The number of anilines is 2. The highest BCUT2D eigenvalue weighted by Crippen LogP contribution is 2.40. The highest BCUT2D eigenvalue weighted by Gasteiger charge is 2.20. The van der Waals surface area contributed by atoms with Crippen LogP contribution in [0.3, 0.4) is 0 Å². The molecule has 4 aromatic rings. The van der Waals surface area contributed by atoms with Gasteiger partial charge in [0.15, 0.2) is 34.6 Å². The number of allylic oxidation sites excluding steroid dienone is 2. The van der Waals surface area contributed by atoms with Crippen molar-refractivity contribution in [2.75, 3.05) is 79.6 Å². The molecule has 0 saturated heterocycles. The monoisotopic (exact) mass is 816 g/mol. The fraction of sp³-hybridized carbons (Fsp3) is 0.318. The zero-order valence-corrected chi connectivity index (χ0v) is 35.3. The molecule has 0 saturated carbocycles. The molecule has 0 spiro atoms. The van der Waals surface area contributed by atoms with Crippen molar-refractivity contribution in [3.05, 3.63) is 105 Å². The maximum atomic E-state index is 13.2. The first-order valence-electron chi connectivity index (χ1n) is 17.8. The highest BCUT2D eigenvalue weighted by molar-refractivity contribution is 9.12. The molecular weight excluding hydrogens is 764 g/mol. The summed E-state index contributed by atoms with van der Waals surface area (Å²) in [4.78, 5) is 30.2. The van der Waals surface area contributed by atoms with Crippen LogP contribution < -0.4 is 38.2 Å². The van der Waals surface area contributed by atoms with Gasteiger partial charge in [-0.05, 0) is 108 Å². The van der Waals surface area contributed by atoms with E-state index < -0.39 is 0 Å². The van der Waals surface area contributed by atoms with Crippen LogP contribution in [-0.4, -0.2) is 81.4 Å². The minimum atomic E-state index is -0.180. The van der Waals surface area contributed by atoms with Crippen LogP contribution in [0, 0.1) is 0 Å². The second-order valence-electron chi connectivity index (χ2n) is 12.3. The van der Waals surface area contributed by atoms with E-state index in [2.05, 4.69) is 46.8 Å². The Morgan fingerprint density at radius 2 is 0.945 bits per heavy atom. The van der Waals surface area contributed by atoms with Crippen LogP contribution in [0.5, 0.6) is 34.5 Å². The first-order valence-corrected chi connectivity index (χ1v) is 18.6. The summed E-state index contributed by atoms with van der Waals surface area (Å²) in [5.74, 6) is 2.49. The third kappa shape index (κ3) is 11.3. The Kier molecular flexibility index (Phi) is 17.2. The Balaban J connectivity index is 0.000000297. The molecule has 4 rings (SSSR count). The first kappa shape index (κ1) is 44.0. The summed E-state index contributed by atoms with van der Waals surface area (Å²) in [5, 5.41) is 0. The van der Waals surface area contributed by atoms with E-state index in [1.165, 1.54) is 27.0 Å². The van der Waals surface area contributed by atoms with Crippen LogP contribution in [0.15, 0.2) is 82.9 Å². The molecule has 0 aliphatic heterocycles.